The Morgan fingerprint density at radius 2 is 1.70 bits per heavy atom. The number of benzene rings is 2. The molecule has 1 aliphatic rings. The van der Waals surface area contributed by atoms with Gasteiger partial charge < -0.3 is 37.1 Å². The molecular formula is C24H31Br2ClN4O6. The number of methoxy groups -OCH3 is 1. The van der Waals surface area contributed by atoms with Gasteiger partial charge in [-0.25, -0.2) is 4.79 Å². The van der Waals surface area contributed by atoms with Crippen molar-refractivity contribution in [2.45, 2.75) is 43.5 Å². The first-order chi connectivity index (χ1) is 16.6. The molecule has 37 heavy (non-hydrogen) atoms. The predicted octanol–water partition coefficient (Wildman–Crippen LogP) is 1.15. The zero-order valence-electron chi connectivity index (χ0n) is 20.0. The van der Waals surface area contributed by atoms with Crippen LogP contribution in [0, 0.1) is 0 Å². The van der Waals surface area contributed by atoms with Crippen LogP contribution in [0.2, 0.25) is 5.02 Å². The van der Waals surface area contributed by atoms with E-state index < -0.39 is 42.0 Å². The fraction of sp³-hybridized carbons (Fsp3) is 0.375. The Morgan fingerprint density at radius 1 is 1.08 bits per heavy atom. The van der Waals surface area contributed by atoms with Gasteiger partial charge in [-0.1, -0.05) is 23.7 Å². The van der Waals surface area contributed by atoms with Crippen molar-refractivity contribution in [1.29, 1.82) is 0 Å². The summed E-state index contributed by atoms with van der Waals surface area (Å²) in [6.45, 7) is -0.144. The number of aromatic hydroxyl groups is 1. The Balaban J connectivity index is 0.00000342. The molecule has 0 fully saturated rings. The smallest absolute Gasteiger partial charge is 0.328 e. The minimum Gasteiger partial charge on any atom is -0.508 e. The molecule has 10 nitrogen and oxygen atoms in total. The number of carbonyl (C=O) groups excluding carboxylic acids is 3. The first kappa shape index (κ1) is 32.8. The molecule has 8 N–H and O–H groups in total. The molecule has 1 heterocycles. The zero-order chi connectivity index (χ0) is 25.7. The van der Waals surface area contributed by atoms with Gasteiger partial charge in [0.15, 0.2) is 0 Å². The van der Waals surface area contributed by atoms with Crippen molar-refractivity contribution in [1.82, 2.24) is 10.6 Å². The van der Waals surface area contributed by atoms with Crippen molar-refractivity contribution in [3.8, 4) is 16.9 Å². The molecule has 3 rings (SSSR count). The second-order valence-electron chi connectivity index (χ2n) is 8.44. The van der Waals surface area contributed by atoms with Gasteiger partial charge >= 0.3 is 5.97 Å². The maximum Gasteiger partial charge on any atom is 0.328 e. The van der Waals surface area contributed by atoms with Crippen LogP contribution in [0.1, 0.15) is 17.5 Å². The van der Waals surface area contributed by atoms with E-state index in [4.69, 9.17) is 27.8 Å². The number of hydrogen-bond acceptors (Lipinski definition) is 8. The van der Waals surface area contributed by atoms with E-state index in [1.807, 2.05) is 0 Å². The SMILES string of the molecule is Br.Br.COC(=O)[C@@H]1Cc2cc(ccc2Cl)-c2ccc(O)c(c2)C[C@H](N)C(=O)N[C@@H](C[C@@H](O)CN)C(=O)N1. The van der Waals surface area contributed by atoms with Gasteiger partial charge in [-0.05, 0) is 46.5 Å². The van der Waals surface area contributed by atoms with E-state index >= 15 is 0 Å². The highest BCUT2D eigenvalue weighted by Gasteiger charge is 2.31. The number of aliphatic hydroxyl groups excluding tert-OH is 1. The number of phenolic OH excluding ortho intramolecular Hbond substituents is 1. The summed E-state index contributed by atoms with van der Waals surface area (Å²) in [7, 11) is 1.19. The summed E-state index contributed by atoms with van der Waals surface area (Å²) in [6.07, 6.45) is -1.29. The van der Waals surface area contributed by atoms with Crippen LogP contribution in [0.25, 0.3) is 11.1 Å². The summed E-state index contributed by atoms with van der Waals surface area (Å²) in [5.74, 6) is -2.14. The molecule has 0 spiro atoms. The summed E-state index contributed by atoms with van der Waals surface area (Å²) >= 11 is 6.40. The fourth-order valence-corrected chi connectivity index (χ4v) is 4.07. The third kappa shape index (κ3) is 8.39. The number of halogens is 3. The first-order valence-electron chi connectivity index (χ1n) is 11.1. The van der Waals surface area contributed by atoms with Gasteiger partial charge in [0.2, 0.25) is 11.8 Å². The average Bonchev–Trinajstić information content (AvgIpc) is 2.84. The summed E-state index contributed by atoms with van der Waals surface area (Å²) in [6, 6.07) is 6.70. The lowest BCUT2D eigenvalue weighted by molar-refractivity contribution is -0.145. The number of nitrogens with one attached hydrogen (secondary N) is 2. The van der Waals surface area contributed by atoms with Crippen LogP contribution in [0.5, 0.6) is 5.75 Å². The summed E-state index contributed by atoms with van der Waals surface area (Å²) in [5, 5.41) is 25.9. The number of esters is 1. The Hall–Kier alpha value is -2.22. The van der Waals surface area contributed by atoms with E-state index in [0.29, 0.717) is 16.1 Å². The van der Waals surface area contributed by atoms with Gasteiger partial charge in [0.1, 0.15) is 17.8 Å². The van der Waals surface area contributed by atoms with E-state index in [1.165, 1.54) is 13.2 Å². The molecule has 204 valence electrons. The molecule has 1 aliphatic heterocycles. The number of rotatable bonds is 4. The second kappa shape index (κ2) is 14.6. The minimum atomic E-state index is -1.23. The molecule has 0 saturated heterocycles. The van der Waals surface area contributed by atoms with Crippen LogP contribution in [0.4, 0.5) is 0 Å². The Bertz CT molecular complexity index is 1120. The van der Waals surface area contributed by atoms with Gasteiger partial charge in [0.25, 0.3) is 0 Å². The van der Waals surface area contributed by atoms with E-state index in [-0.39, 0.29) is 65.5 Å². The maximum atomic E-state index is 13.1. The van der Waals surface area contributed by atoms with Crippen molar-refractivity contribution >= 4 is 63.3 Å². The zero-order valence-corrected chi connectivity index (χ0v) is 24.2. The molecule has 0 aliphatic carbocycles. The number of carbonyl (C=O) groups is 3. The molecule has 0 unspecified atom stereocenters. The van der Waals surface area contributed by atoms with Gasteiger partial charge in [0, 0.05) is 30.8 Å². The van der Waals surface area contributed by atoms with Crippen LogP contribution in [-0.4, -0.2) is 65.9 Å². The first-order valence-corrected chi connectivity index (χ1v) is 11.4. The van der Waals surface area contributed by atoms with Crippen LogP contribution in [0.3, 0.4) is 0 Å². The molecule has 0 radical (unpaired) electrons. The van der Waals surface area contributed by atoms with Crippen molar-refractivity contribution in [3.05, 3.63) is 52.5 Å². The number of amides is 2. The largest absolute Gasteiger partial charge is 0.508 e. The number of phenols is 1. The molecular weight excluding hydrogens is 636 g/mol. The number of fused-ring (bicyclic) bond motifs is 5. The third-order valence-corrected chi connectivity index (χ3v) is 6.24. The van der Waals surface area contributed by atoms with Crippen molar-refractivity contribution in [2.75, 3.05) is 13.7 Å². The maximum absolute atomic E-state index is 13.1. The molecule has 4 bridgehead atoms. The molecule has 0 aromatic heterocycles. The van der Waals surface area contributed by atoms with E-state index in [1.54, 1.807) is 30.3 Å². The lowest BCUT2D eigenvalue weighted by atomic mass is 9.96. The van der Waals surface area contributed by atoms with Crippen LogP contribution in [0.15, 0.2) is 36.4 Å². The van der Waals surface area contributed by atoms with E-state index in [0.717, 1.165) is 11.1 Å². The Labute approximate surface area is 240 Å². The molecule has 0 saturated carbocycles. The highest BCUT2D eigenvalue weighted by molar-refractivity contribution is 8.93. The quantitative estimate of drug-likeness (QED) is 0.263. The average molecular weight is 667 g/mol. The lowest BCUT2D eigenvalue weighted by Gasteiger charge is -2.25. The van der Waals surface area contributed by atoms with Gasteiger partial charge in [-0.2, -0.15) is 0 Å². The predicted molar refractivity (Wildman–Crippen MR) is 150 cm³/mol. The topological polar surface area (TPSA) is 177 Å². The highest BCUT2D eigenvalue weighted by Crippen LogP contribution is 2.30. The highest BCUT2D eigenvalue weighted by atomic mass is 79.9. The summed E-state index contributed by atoms with van der Waals surface area (Å²) in [4.78, 5) is 38.4. The van der Waals surface area contributed by atoms with Gasteiger partial charge in [-0.3, -0.25) is 9.59 Å². The van der Waals surface area contributed by atoms with Crippen molar-refractivity contribution < 1.29 is 29.3 Å². The Kier molecular flexibility index (Phi) is 13.0. The minimum absolute atomic E-state index is 0. The number of aliphatic hydroxyl groups is 1. The number of hydrogen-bond donors (Lipinski definition) is 6. The van der Waals surface area contributed by atoms with E-state index in [2.05, 4.69) is 10.6 Å². The van der Waals surface area contributed by atoms with Gasteiger partial charge in [0.05, 0.1) is 19.3 Å². The summed E-state index contributed by atoms with van der Waals surface area (Å²) in [5.41, 5.74) is 14.1. The van der Waals surface area contributed by atoms with Crippen molar-refractivity contribution in [3.63, 3.8) is 0 Å². The van der Waals surface area contributed by atoms with Gasteiger partial charge in [-0.15, -0.1) is 34.0 Å². The number of nitrogens with two attached hydrogens (primary N) is 2. The monoisotopic (exact) mass is 664 g/mol. The molecule has 2 aromatic rings. The fourth-order valence-electron chi connectivity index (χ4n) is 3.88. The lowest BCUT2D eigenvalue weighted by Crippen LogP contribution is -2.56. The second-order valence-corrected chi connectivity index (χ2v) is 8.84. The van der Waals surface area contributed by atoms with Crippen LogP contribution < -0.4 is 22.1 Å². The van der Waals surface area contributed by atoms with Crippen molar-refractivity contribution in [2.24, 2.45) is 11.5 Å². The summed E-state index contributed by atoms with van der Waals surface area (Å²) < 4.78 is 4.86. The standard InChI is InChI=1S/C24H29ClN4O6.2BrH/c1-35-24(34)20-9-14-6-12(2-4-17(14)25)13-3-5-21(31)15(7-13)8-18(27)22(32)28-19(23(33)29-20)10-16(30)11-26;;/h2-7,16,18-20,30-31H,8-11,26-27H2,1H3,(H,28,32)(H,29,33);2*1H/t16-,18+,19+,20+;;/m1../s1. The molecule has 2 aromatic carbocycles. The third-order valence-electron chi connectivity index (χ3n) is 5.87. The molecule has 2 amide bonds. The van der Waals surface area contributed by atoms with Crippen LogP contribution >= 0.6 is 45.6 Å². The Morgan fingerprint density at radius 3 is 2.32 bits per heavy atom. The van der Waals surface area contributed by atoms with Crippen LogP contribution in [-0.2, 0) is 32.0 Å². The number of ether oxygens (including phenoxy) is 1. The molecule has 13 heteroatoms. The molecule has 4 atom stereocenters. The normalized spacial score (nSPS) is 20.5. The van der Waals surface area contributed by atoms with E-state index in [9.17, 15) is 24.6 Å².